The molecule has 4 unspecified atom stereocenters. The first-order chi connectivity index (χ1) is 32.0. The van der Waals surface area contributed by atoms with Crippen molar-refractivity contribution in [1.82, 2.24) is 39.9 Å². The van der Waals surface area contributed by atoms with Crippen LogP contribution in [-0.4, -0.2) is 91.0 Å². The monoisotopic (exact) mass is 894 g/mol. The van der Waals surface area contributed by atoms with Gasteiger partial charge in [0.25, 0.3) is 0 Å². The number of nitrogens with zero attached hydrogens (tertiary/aromatic N) is 12. The number of primary amides is 2. The third-order valence-corrected chi connectivity index (χ3v) is 13.1. The smallest absolute Gasteiger partial charge is 0.222 e. The third-order valence-electron chi connectivity index (χ3n) is 13.1. The molecular weight excluding hydrogens is 843 g/mol. The molecule has 0 bridgehead atoms. The standard InChI is InChI=1S/2C24H26FN7O/c1-15-18-13-28-24(20-6-2-3-8-27-20)29-19(18)7-10-32(15)22-12-17(11-21(25)30-22)31-9-4-5-16(14-31)23(26)33;1-15-18-13-28-24(20-6-2-3-8-27-20)29-19(18)7-10-32(15)22-12-17(25)11-21(30-22)31-9-4-5-16(14-31)23(26)33/h2*2-3,6,8,11-13,15-16H,4-5,7,9-10,14H2,1H3,(H2,26,33). The van der Waals surface area contributed by atoms with Crippen molar-refractivity contribution in [2.45, 2.75) is 64.5 Å². The van der Waals surface area contributed by atoms with Crippen LogP contribution in [0.15, 0.2) is 85.5 Å². The van der Waals surface area contributed by atoms with E-state index >= 15 is 0 Å². The van der Waals surface area contributed by atoms with E-state index in [0.717, 1.165) is 78.4 Å². The van der Waals surface area contributed by atoms with Crippen molar-refractivity contribution < 1.29 is 18.4 Å². The van der Waals surface area contributed by atoms with Crippen LogP contribution in [-0.2, 0) is 22.4 Å². The summed E-state index contributed by atoms with van der Waals surface area (Å²) in [7, 11) is 0. The second-order valence-electron chi connectivity index (χ2n) is 17.2. The number of aromatic nitrogens is 8. The molecule has 340 valence electrons. The second-order valence-corrected chi connectivity index (χ2v) is 17.2. The minimum absolute atomic E-state index is 0.0617. The van der Waals surface area contributed by atoms with Crippen molar-refractivity contribution in [3.63, 3.8) is 0 Å². The van der Waals surface area contributed by atoms with Gasteiger partial charge in [0, 0.05) is 118 Å². The van der Waals surface area contributed by atoms with E-state index in [4.69, 9.17) is 26.4 Å². The maximum atomic E-state index is 14.6. The van der Waals surface area contributed by atoms with E-state index in [1.165, 1.54) is 18.2 Å². The molecule has 0 saturated carbocycles. The van der Waals surface area contributed by atoms with Crippen LogP contribution in [0.3, 0.4) is 0 Å². The lowest BCUT2D eigenvalue weighted by Gasteiger charge is -2.37. The zero-order chi connectivity index (χ0) is 45.9. The number of piperidine rings is 2. The lowest BCUT2D eigenvalue weighted by molar-refractivity contribution is -0.122. The summed E-state index contributed by atoms with van der Waals surface area (Å²) in [6, 6.07) is 17.4. The SMILES string of the molecule is CC1c2cnc(-c3ccccn3)nc2CCN1c1cc(F)cc(N2CCCC(C(N)=O)C2)n1.CC1c2cnc(-c3ccccn3)nc2CCN1c1cc(N2CCCC(C(N)=O)C2)cc(F)n1. The molecule has 0 spiro atoms. The number of rotatable bonds is 8. The van der Waals surface area contributed by atoms with Gasteiger partial charge in [-0.25, -0.2) is 34.3 Å². The Hall–Kier alpha value is -7.24. The van der Waals surface area contributed by atoms with Crippen molar-refractivity contribution in [1.29, 1.82) is 0 Å². The summed E-state index contributed by atoms with van der Waals surface area (Å²) in [6.07, 6.45) is 11.7. The number of fused-ring (bicyclic) bond motifs is 2. The van der Waals surface area contributed by atoms with Gasteiger partial charge in [0.2, 0.25) is 17.8 Å². The fourth-order valence-corrected chi connectivity index (χ4v) is 9.43. The van der Waals surface area contributed by atoms with Crippen LogP contribution in [0.2, 0.25) is 0 Å². The van der Waals surface area contributed by atoms with Crippen LogP contribution in [0.1, 0.15) is 74.1 Å². The number of amides is 2. The molecule has 6 aromatic heterocycles. The number of halogens is 2. The lowest BCUT2D eigenvalue weighted by atomic mass is 9.97. The first-order valence-electron chi connectivity index (χ1n) is 22.5. The molecule has 4 atom stereocenters. The predicted octanol–water partition coefficient (Wildman–Crippen LogP) is 5.80. The summed E-state index contributed by atoms with van der Waals surface area (Å²) in [5.41, 5.74) is 17.2. The van der Waals surface area contributed by atoms with E-state index in [2.05, 4.69) is 48.6 Å². The van der Waals surface area contributed by atoms with Gasteiger partial charge in [-0.1, -0.05) is 12.1 Å². The Morgan fingerprint density at radius 3 is 1.65 bits per heavy atom. The van der Waals surface area contributed by atoms with Crippen molar-refractivity contribution in [3.8, 4) is 23.0 Å². The lowest BCUT2D eigenvalue weighted by Crippen LogP contribution is -2.42. The topological polar surface area (TPSA) is 202 Å². The van der Waals surface area contributed by atoms with Crippen LogP contribution in [0.25, 0.3) is 23.0 Å². The Kier molecular flexibility index (Phi) is 12.7. The molecule has 4 aliphatic rings. The first-order valence-corrected chi connectivity index (χ1v) is 22.5. The molecule has 4 N–H and O–H groups in total. The number of nitrogens with two attached hydrogens (primary N) is 2. The molecule has 0 aromatic carbocycles. The van der Waals surface area contributed by atoms with Crippen molar-refractivity contribution in [3.05, 3.63) is 120 Å². The van der Waals surface area contributed by atoms with Gasteiger partial charge >= 0.3 is 0 Å². The van der Waals surface area contributed by atoms with E-state index in [9.17, 15) is 18.4 Å². The first kappa shape index (κ1) is 44.0. The molecule has 2 fully saturated rings. The van der Waals surface area contributed by atoms with Crippen LogP contribution in [0.5, 0.6) is 0 Å². The molecule has 0 radical (unpaired) electrons. The number of pyridine rings is 4. The number of anilines is 4. The normalized spacial score (nSPS) is 20.4. The average molecular weight is 895 g/mol. The molecule has 18 heteroatoms. The third kappa shape index (κ3) is 9.44. The maximum absolute atomic E-state index is 14.6. The zero-order valence-corrected chi connectivity index (χ0v) is 37.0. The van der Waals surface area contributed by atoms with Crippen LogP contribution >= 0.6 is 0 Å². The minimum Gasteiger partial charge on any atom is -0.370 e. The Labute approximate surface area is 381 Å². The quantitative estimate of drug-likeness (QED) is 0.174. The van der Waals surface area contributed by atoms with E-state index in [0.29, 0.717) is 68.1 Å². The summed E-state index contributed by atoms with van der Waals surface area (Å²) >= 11 is 0. The highest BCUT2D eigenvalue weighted by Gasteiger charge is 2.32. The van der Waals surface area contributed by atoms with Gasteiger partial charge in [-0.3, -0.25) is 19.6 Å². The molecule has 2 saturated heterocycles. The average Bonchev–Trinajstić information content (AvgIpc) is 3.34. The molecule has 4 aliphatic heterocycles. The van der Waals surface area contributed by atoms with E-state index in [1.807, 2.05) is 64.7 Å². The highest BCUT2D eigenvalue weighted by Crippen LogP contribution is 2.36. The number of hydrogen-bond donors (Lipinski definition) is 2. The summed E-state index contributed by atoms with van der Waals surface area (Å²) in [4.78, 5) is 67.7. The van der Waals surface area contributed by atoms with Crippen molar-refractivity contribution in [2.24, 2.45) is 23.3 Å². The minimum atomic E-state index is -0.538. The molecule has 16 nitrogen and oxygen atoms in total. The zero-order valence-electron chi connectivity index (χ0n) is 37.0. The maximum Gasteiger partial charge on any atom is 0.222 e. The van der Waals surface area contributed by atoms with E-state index in [1.54, 1.807) is 12.4 Å². The Morgan fingerprint density at radius 1 is 0.606 bits per heavy atom. The van der Waals surface area contributed by atoms with Crippen LogP contribution in [0, 0.1) is 23.6 Å². The number of hydrogen-bond acceptors (Lipinski definition) is 14. The Morgan fingerprint density at radius 2 is 1.12 bits per heavy atom. The predicted molar refractivity (Wildman–Crippen MR) is 246 cm³/mol. The Bertz CT molecular complexity index is 2530. The summed E-state index contributed by atoms with van der Waals surface area (Å²) < 4.78 is 29.2. The van der Waals surface area contributed by atoms with E-state index < -0.39 is 5.95 Å². The Balaban J connectivity index is 0.000000166. The molecule has 0 aliphatic carbocycles. The molecule has 66 heavy (non-hydrogen) atoms. The van der Waals surface area contributed by atoms with Gasteiger partial charge in [0.15, 0.2) is 11.6 Å². The molecule has 6 aromatic rings. The molecule has 10 rings (SSSR count). The molecule has 2 amide bonds. The number of carbonyl (C=O) groups is 2. The van der Waals surface area contributed by atoms with Crippen LogP contribution in [0.4, 0.5) is 31.9 Å². The molecule has 10 heterocycles. The van der Waals surface area contributed by atoms with Gasteiger partial charge in [0.05, 0.1) is 35.3 Å². The largest absolute Gasteiger partial charge is 0.370 e. The van der Waals surface area contributed by atoms with Gasteiger partial charge in [-0.15, -0.1) is 0 Å². The number of carbonyl (C=O) groups excluding carboxylic acids is 2. The van der Waals surface area contributed by atoms with Crippen LogP contribution < -0.4 is 31.1 Å². The highest BCUT2D eigenvalue weighted by molar-refractivity contribution is 5.78. The van der Waals surface area contributed by atoms with Gasteiger partial charge in [-0.2, -0.15) is 4.39 Å². The summed E-state index contributed by atoms with van der Waals surface area (Å²) in [5.74, 6) is 0.920. The second kappa shape index (κ2) is 19.1. The fraction of sp³-hybridized carbons (Fsp3) is 0.375. The van der Waals surface area contributed by atoms with Gasteiger partial charge in [0.1, 0.15) is 34.7 Å². The van der Waals surface area contributed by atoms with Crippen molar-refractivity contribution in [2.75, 3.05) is 58.9 Å². The highest BCUT2D eigenvalue weighted by atomic mass is 19.1. The molecular formula is C48H52F2N14O2. The fourth-order valence-electron chi connectivity index (χ4n) is 9.43. The van der Waals surface area contributed by atoms with Crippen molar-refractivity contribution >= 4 is 35.0 Å². The van der Waals surface area contributed by atoms with Gasteiger partial charge in [-0.05, 0) is 63.8 Å². The van der Waals surface area contributed by atoms with E-state index in [-0.39, 0.29) is 41.6 Å². The summed E-state index contributed by atoms with van der Waals surface area (Å²) in [5, 5.41) is 0. The van der Waals surface area contributed by atoms with Gasteiger partial charge < -0.3 is 31.1 Å². The summed E-state index contributed by atoms with van der Waals surface area (Å²) in [6.45, 7) is 7.88.